The highest BCUT2D eigenvalue weighted by Gasteiger charge is 2.39. The zero-order chi connectivity index (χ0) is 19.3. The van der Waals surface area contributed by atoms with Crippen molar-refractivity contribution in [1.29, 1.82) is 0 Å². The molecule has 0 heterocycles. The Morgan fingerprint density at radius 2 is 1.42 bits per heavy atom. The number of hydrogen-bond acceptors (Lipinski definition) is 4. The van der Waals surface area contributed by atoms with Gasteiger partial charge in [0.05, 0.1) is 12.2 Å². The maximum atomic E-state index is 13.7. The van der Waals surface area contributed by atoms with E-state index in [1.807, 2.05) is 64.1 Å². The zero-order valence-electron chi connectivity index (χ0n) is 15.3. The van der Waals surface area contributed by atoms with E-state index in [1.54, 1.807) is 12.1 Å². The molecule has 0 saturated heterocycles. The quantitative estimate of drug-likeness (QED) is 0.421. The van der Waals surface area contributed by atoms with Gasteiger partial charge in [-0.3, -0.25) is 4.57 Å². The van der Waals surface area contributed by atoms with Crippen LogP contribution in [0.5, 0.6) is 0 Å². The molecule has 0 aliphatic rings. The molecule has 0 bridgehead atoms. The summed E-state index contributed by atoms with van der Waals surface area (Å²) in [6.07, 6.45) is -0.492. The summed E-state index contributed by atoms with van der Waals surface area (Å²) in [5.41, 5.74) is 1.59. The minimum absolute atomic E-state index is 0.246. The van der Waals surface area contributed by atoms with Crippen molar-refractivity contribution in [2.75, 3.05) is 5.32 Å². The largest absolute Gasteiger partial charge is 0.368 e. The van der Waals surface area contributed by atoms with E-state index in [0.29, 0.717) is 5.02 Å². The van der Waals surface area contributed by atoms with Gasteiger partial charge < -0.3 is 14.4 Å². The molecule has 4 nitrogen and oxygen atoms in total. The minimum atomic E-state index is -3.52. The average Bonchev–Trinajstić information content (AvgIpc) is 2.53. The maximum Gasteiger partial charge on any atom is 0.357 e. The fraction of sp³-hybridized carbons (Fsp3) is 0.368. The molecule has 0 aliphatic heterocycles. The first-order valence-corrected chi connectivity index (χ1v) is 11.2. The van der Waals surface area contributed by atoms with Crippen LogP contribution in [0.1, 0.15) is 39.0 Å². The predicted molar refractivity (Wildman–Crippen MR) is 112 cm³/mol. The summed E-state index contributed by atoms with van der Waals surface area (Å²) >= 11 is 9.41. The molecule has 26 heavy (non-hydrogen) atoms. The lowest BCUT2D eigenvalue weighted by molar-refractivity contribution is 0.138. The Labute approximate surface area is 168 Å². The fourth-order valence-corrected chi connectivity index (χ4v) is 5.13. The molecule has 2 rings (SSSR count). The molecule has 142 valence electrons. The van der Waals surface area contributed by atoms with Crippen LogP contribution in [0.25, 0.3) is 0 Å². The Morgan fingerprint density at radius 1 is 0.923 bits per heavy atom. The standard InChI is InChI=1S/C19H24BrClNO3P/c1-13(2)24-26(23,25-14(3)4)19(15-5-7-16(20)8-6-15)22-18-11-9-17(21)10-12-18/h5-14,19,22H,1-4H3. The fourth-order valence-electron chi connectivity index (χ4n) is 2.43. The Kier molecular flexibility index (Phi) is 7.75. The summed E-state index contributed by atoms with van der Waals surface area (Å²) in [6, 6.07) is 14.8. The summed E-state index contributed by atoms with van der Waals surface area (Å²) < 4.78 is 26.3. The van der Waals surface area contributed by atoms with E-state index >= 15 is 0 Å². The number of nitrogens with one attached hydrogen (secondary N) is 1. The first kappa shape index (κ1) is 21.5. The second-order valence-electron chi connectivity index (χ2n) is 6.45. The molecule has 0 radical (unpaired) electrons. The van der Waals surface area contributed by atoms with E-state index in [-0.39, 0.29) is 12.2 Å². The lowest BCUT2D eigenvalue weighted by atomic mass is 10.2. The van der Waals surface area contributed by atoms with Gasteiger partial charge in [-0.1, -0.05) is 39.7 Å². The maximum absolute atomic E-state index is 13.7. The highest BCUT2D eigenvalue weighted by Crippen LogP contribution is 2.62. The Hall–Kier alpha value is -0.840. The second-order valence-corrected chi connectivity index (χ2v) is 9.82. The van der Waals surface area contributed by atoms with Crippen molar-refractivity contribution < 1.29 is 13.6 Å². The van der Waals surface area contributed by atoms with Gasteiger partial charge in [0.15, 0.2) is 5.78 Å². The summed E-state index contributed by atoms with van der Waals surface area (Å²) in [7, 11) is -3.52. The molecule has 0 saturated carbocycles. The molecule has 0 amide bonds. The van der Waals surface area contributed by atoms with Gasteiger partial charge >= 0.3 is 7.60 Å². The monoisotopic (exact) mass is 459 g/mol. The smallest absolute Gasteiger partial charge is 0.357 e. The van der Waals surface area contributed by atoms with Crippen molar-refractivity contribution in [1.82, 2.24) is 0 Å². The van der Waals surface area contributed by atoms with Gasteiger partial charge in [-0.25, -0.2) is 0 Å². The molecule has 1 unspecified atom stereocenters. The van der Waals surface area contributed by atoms with Crippen LogP contribution in [0.3, 0.4) is 0 Å². The van der Waals surface area contributed by atoms with Crippen molar-refractivity contribution in [3.05, 3.63) is 63.6 Å². The van der Waals surface area contributed by atoms with Gasteiger partial charge in [-0.2, -0.15) is 0 Å². The van der Waals surface area contributed by atoms with Gasteiger partial charge in [0, 0.05) is 15.2 Å². The Bertz CT molecular complexity index is 736. The van der Waals surface area contributed by atoms with Gasteiger partial charge in [0.1, 0.15) is 0 Å². The van der Waals surface area contributed by atoms with Crippen LogP contribution in [0.2, 0.25) is 5.02 Å². The number of hydrogen-bond donors (Lipinski definition) is 1. The summed E-state index contributed by atoms with van der Waals surface area (Å²) in [5, 5.41) is 3.94. The van der Waals surface area contributed by atoms with Crippen molar-refractivity contribution in [2.24, 2.45) is 0 Å². The van der Waals surface area contributed by atoms with E-state index < -0.39 is 13.4 Å². The topological polar surface area (TPSA) is 47.6 Å². The number of rotatable bonds is 8. The van der Waals surface area contributed by atoms with Crippen molar-refractivity contribution >= 4 is 40.8 Å². The number of benzene rings is 2. The molecule has 0 aliphatic carbocycles. The van der Waals surface area contributed by atoms with Gasteiger partial charge in [-0.15, -0.1) is 0 Å². The van der Waals surface area contributed by atoms with Crippen molar-refractivity contribution in [2.45, 2.75) is 45.7 Å². The van der Waals surface area contributed by atoms with Crippen LogP contribution in [0.15, 0.2) is 53.0 Å². The molecule has 1 atom stereocenters. The van der Waals surface area contributed by atoms with Crippen LogP contribution in [-0.2, 0) is 13.6 Å². The summed E-state index contributed by atoms with van der Waals surface area (Å²) in [4.78, 5) is 0. The van der Waals surface area contributed by atoms with Gasteiger partial charge in [0.2, 0.25) is 0 Å². The number of anilines is 1. The lowest BCUT2D eigenvalue weighted by Gasteiger charge is -2.31. The van der Waals surface area contributed by atoms with Crippen LogP contribution in [-0.4, -0.2) is 12.2 Å². The van der Waals surface area contributed by atoms with Crippen molar-refractivity contribution in [3.8, 4) is 0 Å². The summed E-state index contributed by atoms with van der Waals surface area (Å²) in [5.74, 6) is -0.651. The first-order chi connectivity index (χ1) is 12.2. The lowest BCUT2D eigenvalue weighted by Crippen LogP contribution is -2.19. The van der Waals surface area contributed by atoms with E-state index in [9.17, 15) is 4.57 Å². The average molecular weight is 461 g/mol. The Balaban J connectivity index is 2.47. The normalized spacial score (nSPS) is 13.2. The Morgan fingerprint density at radius 3 is 1.88 bits per heavy atom. The van der Waals surface area contributed by atoms with Crippen molar-refractivity contribution in [3.63, 3.8) is 0 Å². The third-order valence-corrected chi connectivity index (χ3v) is 6.64. The van der Waals surface area contributed by atoms with E-state index in [2.05, 4.69) is 21.2 Å². The molecule has 1 N–H and O–H groups in total. The van der Waals surface area contributed by atoms with E-state index in [0.717, 1.165) is 15.7 Å². The van der Waals surface area contributed by atoms with Crippen LogP contribution in [0, 0.1) is 0 Å². The minimum Gasteiger partial charge on any atom is -0.368 e. The van der Waals surface area contributed by atoms with E-state index in [4.69, 9.17) is 20.6 Å². The first-order valence-electron chi connectivity index (χ1n) is 8.43. The molecular weight excluding hydrogens is 437 g/mol. The molecule has 0 fully saturated rings. The highest BCUT2D eigenvalue weighted by atomic mass is 79.9. The zero-order valence-corrected chi connectivity index (χ0v) is 18.5. The van der Waals surface area contributed by atoms with Gasteiger partial charge in [-0.05, 0) is 69.7 Å². The molecular formula is C19H24BrClNO3P. The van der Waals surface area contributed by atoms with E-state index in [1.165, 1.54) is 0 Å². The SMILES string of the molecule is CC(C)OP(=O)(OC(C)C)C(Nc1ccc(Cl)cc1)c1ccc(Br)cc1. The second kappa shape index (κ2) is 9.38. The van der Waals surface area contributed by atoms with Gasteiger partial charge in [0.25, 0.3) is 0 Å². The molecule has 2 aromatic carbocycles. The molecule has 7 heteroatoms. The molecule has 0 spiro atoms. The third kappa shape index (κ3) is 6.11. The molecule has 0 aromatic heterocycles. The predicted octanol–water partition coefficient (Wildman–Crippen LogP) is 7.26. The highest BCUT2D eigenvalue weighted by molar-refractivity contribution is 9.10. The molecule has 2 aromatic rings. The van der Waals surface area contributed by atoms with Crippen LogP contribution in [0.4, 0.5) is 5.69 Å². The summed E-state index contributed by atoms with van der Waals surface area (Å²) in [6.45, 7) is 7.38. The third-order valence-electron chi connectivity index (χ3n) is 3.37. The van der Waals surface area contributed by atoms with Crippen LogP contribution >= 0.6 is 35.1 Å². The number of halogens is 2. The van der Waals surface area contributed by atoms with Crippen LogP contribution < -0.4 is 5.32 Å².